The maximum absolute atomic E-state index is 14.0. The number of alkyl carbamates (subject to hydrolysis) is 2. The standard InChI is InChI=1S/C49H62N10O10/c1-29(2)39(56-46(64)66-6)43(61)58-28-49(68-23-24-69-49)25-37(58)41-53-27-36(55-41)33-13-9-31(10-14-33)32-11-15-34(16-12-32)42(60)54-35-17-18-38(52-26-35)50-20-21-51-45(63)48(5)19-8-22-59(48)44(62)40(30(3)4)57-47(65)67-7/h9-18,26-27,29-30,37,39-40H,8,19-25,28H2,1-7H3,(H,50,52)(H,51,63)(H,53,55)(H,54,60)(H,56,64)(H,57,65)/t37-,39-,40-,48-/m0/s1. The fraction of sp³-hybridized carbons (Fsp3) is 0.469. The van der Waals surface area contributed by atoms with Crippen molar-refractivity contribution < 1.29 is 47.7 Å². The first-order valence-electron chi connectivity index (χ1n) is 23.2. The molecule has 4 atom stereocenters. The molecule has 7 rings (SSSR count). The van der Waals surface area contributed by atoms with Gasteiger partial charge in [-0.2, -0.15) is 0 Å². The Morgan fingerprint density at radius 3 is 2.01 bits per heavy atom. The second-order valence-electron chi connectivity index (χ2n) is 18.3. The van der Waals surface area contributed by atoms with Crippen LogP contribution in [0.5, 0.6) is 0 Å². The minimum atomic E-state index is -1.07. The van der Waals surface area contributed by atoms with Crippen LogP contribution in [-0.4, -0.2) is 138 Å². The van der Waals surface area contributed by atoms with E-state index in [4.69, 9.17) is 23.9 Å². The summed E-state index contributed by atoms with van der Waals surface area (Å²) in [6.07, 6.45) is 3.47. The number of nitrogens with zero attached hydrogens (tertiary/aromatic N) is 4. The van der Waals surface area contributed by atoms with Gasteiger partial charge in [0.1, 0.15) is 29.3 Å². The monoisotopic (exact) mass is 950 g/mol. The van der Waals surface area contributed by atoms with Crippen molar-refractivity contribution >= 4 is 47.3 Å². The van der Waals surface area contributed by atoms with Gasteiger partial charge in [-0.25, -0.2) is 19.6 Å². The van der Waals surface area contributed by atoms with Crippen LogP contribution < -0.4 is 26.6 Å². The molecule has 1 spiro atoms. The number of hydrogen-bond donors (Lipinski definition) is 6. The summed E-state index contributed by atoms with van der Waals surface area (Å²) in [6, 6.07) is 16.4. The number of rotatable bonds is 16. The van der Waals surface area contributed by atoms with E-state index >= 15 is 0 Å². The van der Waals surface area contributed by atoms with Crippen molar-refractivity contribution in [2.75, 3.05) is 64.2 Å². The van der Waals surface area contributed by atoms with Crippen LogP contribution in [0.4, 0.5) is 21.1 Å². The van der Waals surface area contributed by atoms with Gasteiger partial charge < -0.3 is 60.3 Å². The van der Waals surface area contributed by atoms with Crippen LogP contribution in [0.25, 0.3) is 22.4 Å². The molecule has 3 aliphatic heterocycles. The SMILES string of the molecule is COC(=O)N[C@H](C(=O)N1CC2(C[C@H]1c1nc(-c3ccc(-c4ccc(C(=O)Nc5ccc(NCCNC(=O)[C@]6(C)CCCN6C(=O)[C@@H](NC(=O)OC)C(C)C)nc5)cc4)cc3)c[nH]1)OCCO2)C(C)C. The van der Waals surface area contributed by atoms with E-state index in [9.17, 15) is 28.8 Å². The van der Waals surface area contributed by atoms with E-state index in [1.54, 1.807) is 53.4 Å². The van der Waals surface area contributed by atoms with Crippen LogP contribution in [0.2, 0.25) is 0 Å². The van der Waals surface area contributed by atoms with Crippen molar-refractivity contribution in [1.29, 1.82) is 0 Å². The van der Waals surface area contributed by atoms with E-state index in [0.29, 0.717) is 74.2 Å². The van der Waals surface area contributed by atoms with E-state index in [1.165, 1.54) is 14.2 Å². The van der Waals surface area contributed by atoms with Crippen LogP contribution in [0.1, 0.15) is 76.1 Å². The predicted molar refractivity (Wildman–Crippen MR) is 255 cm³/mol. The molecule has 6 amide bonds. The number of nitrogens with one attached hydrogen (secondary N) is 6. The van der Waals surface area contributed by atoms with E-state index in [-0.39, 0.29) is 48.6 Å². The number of carbonyl (C=O) groups excluding carboxylic acids is 6. The van der Waals surface area contributed by atoms with Gasteiger partial charge in [-0.05, 0) is 67.0 Å². The fourth-order valence-electron chi connectivity index (χ4n) is 8.95. The van der Waals surface area contributed by atoms with Crippen molar-refractivity contribution in [2.45, 2.75) is 83.3 Å². The Balaban J connectivity index is 0.898. The molecule has 2 aromatic carbocycles. The number of benzene rings is 2. The number of likely N-dealkylation sites (tertiary alicyclic amines) is 2. The summed E-state index contributed by atoms with van der Waals surface area (Å²) in [6.45, 7) is 11.2. The first-order chi connectivity index (χ1) is 33.0. The Morgan fingerprint density at radius 1 is 0.812 bits per heavy atom. The zero-order valence-corrected chi connectivity index (χ0v) is 40.1. The summed E-state index contributed by atoms with van der Waals surface area (Å²) in [5.74, 6) is -1.46. The molecule has 0 saturated carbocycles. The molecule has 5 heterocycles. The van der Waals surface area contributed by atoms with Gasteiger partial charge in [-0.15, -0.1) is 0 Å². The maximum atomic E-state index is 14.0. The van der Waals surface area contributed by atoms with Gasteiger partial charge in [0.15, 0.2) is 5.79 Å². The molecule has 3 aliphatic rings. The highest BCUT2D eigenvalue weighted by atomic mass is 16.7. The lowest BCUT2D eigenvalue weighted by molar-refractivity contribution is -0.153. The first-order valence-corrected chi connectivity index (χ1v) is 23.2. The number of amides is 6. The molecule has 6 N–H and O–H groups in total. The summed E-state index contributed by atoms with van der Waals surface area (Å²) in [5.41, 5.74) is 3.28. The second-order valence-corrected chi connectivity index (χ2v) is 18.3. The van der Waals surface area contributed by atoms with Crippen molar-refractivity contribution in [3.8, 4) is 22.4 Å². The highest BCUT2D eigenvalue weighted by molar-refractivity contribution is 6.04. The van der Waals surface area contributed by atoms with Gasteiger partial charge in [0.05, 0.1) is 57.6 Å². The minimum Gasteiger partial charge on any atom is -0.453 e. The third-order valence-electron chi connectivity index (χ3n) is 12.9. The number of methoxy groups -OCH3 is 2. The molecule has 0 unspecified atom stereocenters. The highest BCUT2D eigenvalue weighted by Crippen LogP contribution is 2.43. The molecule has 2 aromatic heterocycles. The minimum absolute atomic E-state index is 0.190. The lowest BCUT2D eigenvalue weighted by atomic mass is 9.95. The molecule has 20 nitrogen and oxygen atoms in total. The summed E-state index contributed by atoms with van der Waals surface area (Å²) in [4.78, 5) is 93.9. The smallest absolute Gasteiger partial charge is 0.407 e. The number of ether oxygens (including phenoxy) is 4. The van der Waals surface area contributed by atoms with Gasteiger partial charge in [0.25, 0.3) is 5.91 Å². The molecular formula is C49H62N10O10. The number of carbonyl (C=O) groups is 6. The molecule has 0 bridgehead atoms. The molecule has 0 radical (unpaired) electrons. The van der Waals surface area contributed by atoms with Gasteiger partial charge in [0.2, 0.25) is 17.7 Å². The summed E-state index contributed by atoms with van der Waals surface area (Å²) in [5, 5.41) is 14.2. The topological polar surface area (TPSA) is 248 Å². The van der Waals surface area contributed by atoms with Gasteiger partial charge in [-0.1, -0.05) is 64.1 Å². The second kappa shape index (κ2) is 21.5. The van der Waals surface area contributed by atoms with E-state index in [1.807, 2.05) is 64.1 Å². The van der Waals surface area contributed by atoms with Crippen molar-refractivity contribution in [3.05, 3.63) is 84.4 Å². The molecule has 69 heavy (non-hydrogen) atoms. The Kier molecular flexibility index (Phi) is 15.5. The Labute approximate surface area is 401 Å². The van der Waals surface area contributed by atoms with Crippen LogP contribution in [0, 0.1) is 11.8 Å². The molecule has 368 valence electrons. The van der Waals surface area contributed by atoms with Crippen molar-refractivity contribution in [1.82, 2.24) is 40.7 Å². The van der Waals surface area contributed by atoms with Gasteiger partial charge in [-0.3, -0.25) is 19.2 Å². The molecule has 0 aliphatic carbocycles. The Bertz CT molecular complexity index is 2470. The van der Waals surface area contributed by atoms with Crippen LogP contribution in [0.3, 0.4) is 0 Å². The lowest BCUT2D eigenvalue weighted by Crippen LogP contribution is -2.60. The Morgan fingerprint density at radius 2 is 1.42 bits per heavy atom. The fourth-order valence-corrected chi connectivity index (χ4v) is 8.95. The summed E-state index contributed by atoms with van der Waals surface area (Å²) in [7, 11) is 2.49. The normalized spacial score (nSPS) is 19.3. The zero-order valence-electron chi connectivity index (χ0n) is 40.1. The molecule has 4 aromatic rings. The maximum Gasteiger partial charge on any atom is 0.407 e. The third kappa shape index (κ3) is 11.3. The first kappa shape index (κ1) is 49.8. The number of anilines is 2. The number of hydrogen-bond acceptors (Lipinski definition) is 13. The molecular weight excluding hydrogens is 889 g/mol. The Hall–Kier alpha value is -7.06. The average Bonchev–Trinajstić information content (AvgIpc) is 4.19. The average molecular weight is 951 g/mol. The lowest BCUT2D eigenvalue weighted by Gasteiger charge is -2.37. The number of aromatic amines is 1. The van der Waals surface area contributed by atoms with Crippen LogP contribution in [0.15, 0.2) is 73.1 Å². The predicted octanol–water partition coefficient (Wildman–Crippen LogP) is 5.08. The third-order valence-corrected chi connectivity index (χ3v) is 12.9. The number of pyridine rings is 1. The highest BCUT2D eigenvalue weighted by Gasteiger charge is 2.53. The molecule has 3 saturated heterocycles. The zero-order chi connectivity index (χ0) is 49.5. The number of aromatic nitrogens is 3. The van der Waals surface area contributed by atoms with Crippen LogP contribution >= 0.6 is 0 Å². The summed E-state index contributed by atoms with van der Waals surface area (Å²) < 4.78 is 21.5. The van der Waals surface area contributed by atoms with Crippen LogP contribution in [-0.2, 0) is 33.3 Å². The van der Waals surface area contributed by atoms with Crippen molar-refractivity contribution in [3.63, 3.8) is 0 Å². The van der Waals surface area contributed by atoms with Crippen molar-refractivity contribution in [2.24, 2.45) is 11.8 Å². The largest absolute Gasteiger partial charge is 0.453 e. The molecule has 3 fully saturated rings. The quantitative estimate of drug-likeness (QED) is 0.0804. The molecule has 20 heteroatoms. The van der Waals surface area contributed by atoms with E-state index in [0.717, 1.165) is 16.7 Å². The van der Waals surface area contributed by atoms with E-state index < -0.39 is 41.6 Å². The summed E-state index contributed by atoms with van der Waals surface area (Å²) >= 11 is 0. The van der Waals surface area contributed by atoms with E-state index in [2.05, 4.69) is 36.6 Å². The van der Waals surface area contributed by atoms with Gasteiger partial charge >= 0.3 is 12.2 Å². The number of imidazole rings is 1. The number of H-pyrrole nitrogens is 1. The van der Waals surface area contributed by atoms with Gasteiger partial charge in [0, 0.05) is 43.4 Å².